The van der Waals surface area contributed by atoms with Crippen molar-refractivity contribution >= 4 is 32.8 Å². The molecule has 0 aliphatic heterocycles. The molecule has 9 aromatic rings. The quantitative estimate of drug-likeness (QED) is 0.118. The van der Waals surface area contributed by atoms with Crippen molar-refractivity contribution in [3.8, 4) is 50.5 Å². The van der Waals surface area contributed by atoms with Gasteiger partial charge in [-0.05, 0) is 73.4 Å². The van der Waals surface area contributed by atoms with Crippen molar-refractivity contribution in [2.75, 3.05) is 0 Å². The first kappa shape index (κ1) is 44.2. The molecule has 2 aromatic heterocycles. The molecular formula is C59H58AuN3. The molecule has 320 valence electrons. The minimum absolute atomic E-state index is 0. The van der Waals surface area contributed by atoms with Crippen LogP contribution < -0.4 is 4.98 Å². The number of fused-ring (bicyclic) bond motifs is 4. The Labute approximate surface area is 390 Å². The van der Waals surface area contributed by atoms with Crippen LogP contribution in [0.5, 0.6) is 0 Å². The summed E-state index contributed by atoms with van der Waals surface area (Å²) < 4.78 is 2.41. The zero-order valence-electron chi connectivity index (χ0n) is 38.8. The summed E-state index contributed by atoms with van der Waals surface area (Å²) in [6.07, 6.45) is 0. The molecular weight excluding hydrogens is 948 g/mol. The molecule has 63 heavy (non-hydrogen) atoms. The first-order valence-electron chi connectivity index (χ1n) is 22.3. The molecule has 0 radical (unpaired) electrons. The van der Waals surface area contributed by atoms with Crippen molar-refractivity contribution < 1.29 is 22.4 Å². The van der Waals surface area contributed by atoms with Crippen molar-refractivity contribution in [3.05, 3.63) is 167 Å². The van der Waals surface area contributed by atoms with Crippen LogP contribution in [0.4, 0.5) is 0 Å². The molecule has 0 spiro atoms. The van der Waals surface area contributed by atoms with Crippen LogP contribution in [0, 0.1) is 26.0 Å². The van der Waals surface area contributed by atoms with Gasteiger partial charge in [0, 0.05) is 5.69 Å². The zero-order chi connectivity index (χ0) is 43.8. The molecule has 0 aliphatic carbocycles. The van der Waals surface area contributed by atoms with E-state index < -0.39 is 0 Å². The topological polar surface area (TPSA) is 31.9 Å². The Bertz CT molecular complexity index is 3140. The van der Waals surface area contributed by atoms with Gasteiger partial charge in [-0.2, -0.15) is 34.8 Å². The van der Waals surface area contributed by atoms with Crippen LogP contribution in [0.25, 0.3) is 83.3 Å². The summed E-state index contributed by atoms with van der Waals surface area (Å²) in [7, 11) is 0. The molecule has 7 aromatic carbocycles. The van der Waals surface area contributed by atoms with E-state index in [2.05, 4.69) is 221 Å². The Balaban J connectivity index is 0.00000544. The van der Waals surface area contributed by atoms with Gasteiger partial charge in [0.15, 0.2) is 0 Å². The molecule has 0 saturated carbocycles. The fourth-order valence-electron chi connectivity index (χ4n) is 9.20. The van der Waals surface area contributed by atoms with E-state index in [4.69, 9.17) is 9.97 Å². The van der Waals surface area contributed by atoms with E-state index in [9.17, 15) is 0 Å². The van der Waals surface area contributed by atoms with Gasteiger partial charge in [0.2, 0.25) is 0 Å². The van der Waals surface area contributed by atoms with Crippen LogP contribution in [0.15, 0.2) is 121 Å². The van der Waals surface area contributed by atoms with Crippen LogP contribution in [0.3, 0.4) is 0 Å². The number of hydrogen-bond donors (Lipinski definition) is 0. The van der Waals surface area contributed by atoms with E-state index in [0.717, 1.165) is 72.4 Å². The van der Waals surface area contributed by atoms with Gasteiger partial charge >= 0.3 is 22.4 Å². The fraction of sp³-hybridized carbons (Fsp3) is 0.271. The molecule has 0 N–H and O–H groups in total. The first-order valence-corrected chi connectivity index (χ1v) is 22.3. The number of para-hydroxylation sites is 3. The summed E-state index contributed by atoms with van der Waals surface area (Å²) in [6.45, 7) is 27.3. The third kappa shape index (κ3) is 8.05. The van der Waals surface area contributed by atoms with Crippen LogP contribution in [-0.4, -0.2) is 9.55 Å². The first-order chi connectivity index (χ1) is 29.5. The number of imidazole rings is 1. The number of rotatable bonds is 7. The van der Waals surface area contributed by atoms with E-state index in [0.29, 0.717) is 11.8 Å². The zero-order valence-corrected chi connectivity index (χ0v) is 41.0. The predicted molar refractivity (Wildman–Crippen MR) is 264 cm³/mol. The molecule has 0 atom stereocenters. The molecule has 0 amide bonds. The Morgan fingerprint density at radius 1 is 0.571 bits per heavy atom. The Kier molecular flexibility index (Phi) is 11.6. The summed E-state index contributed by atoms with van der Waals surface area (Å²) in [4.78, 5) is 10.8. The maximum atomic E-state index is 5.45. The average Bonchev–Trinajstić information content (AvgIpc) is 3.81. The molecule has 0 saturated heterocycles. The van der Waals surface area contributed by atoms with Crippen LogP contribution in [0.2, 0.25) is 0 Å². The third-order valence-corrected chi connectivity index (χ3v) is 12.7. The van der Waals surface area contributed by atoms with E-state index in [-0.39, 0.29) is 33.2 Å². The number of aryl methyl sites for hydroxylation is 2. The maximum absolute atomic E-state index is 5.45. The van der Waals surface area contributed by atoms with Crippen LogP contribution in [0.1, 0.15) is 114 Å². The normalized spacial score (nSPS) is 12.3. The average molecular weight is 1010 g/mol. The van der Waals surface area contributed by atoms with Gasteiger partial charge in [0.25, 0.3) is 0 Å². The second kappa shape index (κ2) is 16.6. The number of aromatic nitrogens is 3. The Morgan fingerprint density at radius 3 is 1.86 bits per heavy atom. The van der Waals surface area contributed by atoms with E-state index in [1.807, 2.05) is 0 Å². The van der Waals surface area contributed by atoms with Gasteiger partial charge in [-0.1, -0.05) is 191 Å². The van der Waals surface area contributed by atoms with Crippen molar-refractivity contribution in [1.29, 1.82) is 0 Å². The molecule has 0 fully saturated rings. The van der Waals surface area contributed by atoms with Crippen molar-refractivity contribution in [2.45, 2.75) is 106 Å². The summed E-state index contributed by atoms with van der Waals surface area (Å²) in [5, 5.41) is 2.41. The second-order valence-corrected chi connectivity index (χ2v) is 20.1. The fourth-order valence-corrected chi connectivity index (χ4v) is 9.20. The minimum Gasteiger partial charge on any atom is -0.663 e. The van der Waals surface area contributed by atoms with Crippen molar-refractivity contribution in [3.63, 3.8) is 0 Å². The maximum Gasteiger partial charge on any atom is 3.00 e. The predicted octanol–water partition coefficient (Wildman–Crippen LogP) is 16.0. The van der Waals surface area contributed by atoms with Gasteiger partial charge in [0.1, 0.15) is 0 Å². The summed E-state index contributed by atoms with van der Waals surface area (Å²) in [5.74, 6) is 1.51. The standard InChI is InChI=1S/C59H58N3.Au/c1-35(2)45-21-18-22-46(36(3)4)56(45)62-54-24-17-16-23-53(54)61-57(62)42-29-40(39-19-14-13-15-20-39)28-41(30-42)47-34-48(38(6)27-37(47)5)50-32-44(59(10,11)12)33-51-49-31-43(58(7,8)9)25-26-52(49)60-55(50)51;/h13-29,31-33,35-36H,1-12H3;/q-3;+3. The monoisotopic (exact) mass is 1010 g/mol. The van der Waals surface area contributed by atoms with Crippen molar-refractivity contribution in [1.82, 2.24) is 14.5 Å². The number of hydrogen-bond acceptors (Lipinski definition) is 1. The van der Waals surface area contributed by atoms with Crippen LogP contribution >= 0.6 is 0 Å². The minimum atomic E-state index is -0.0720. The van der Waals surface area contributed by atoms with Crippen LogP contribution in [-0.2, 0) is 33.2 Å². The molecule has 0 unspecified atom stereocenters. The molecule has 0 bridgehead atoms. The molecule has 9 rings (SSSR count). The second-order valence-electron chi connectivity index (χ2n) is 20.1. The van der Waals surface area contributed by atoms with Crippen molar-refractivity contribution in [2.24, 2.45) is 0 Å². The van der Waals surface area contributed by atoms with Gasteiger partial charge < -0.3 is 9.55 Å². The SMILES string of the molecule is Cc1cc(C)c(-c2cc(C(C)(C)C)cc3c2[n-]c2ccc(C(C)(C)C)cc23)[c-]c1-c1[c-]c(-c2nc3ccccc3n2-c2c(C(C)C)cccc2C(C)C)cc(-c2ccccc2)c1.[Au+3]. The van der Waals surface area contributed by atoms with Gasteiger partial charge in [-0.3, -0.25) is 4.98 Å². The van der Waals surface area contributed by atoms with E-state index >= 15 is 0 Å². The Morgan fingerprint density at radius 2 is 1.19 bits per heavy atom. The number of nitrogens with zero attached hydrogens (tertiary/aromatic N) is 3. The van der Waals surface area contributed by atoms with Gasteiger partial charge in [-0.15, -0.1) is 34.3 Å². The molecule has 3 nitrogen and oxygen atoms in total. The smallest absolute Gasteiger partial charge is 0.663 e. The largest absolute Gasteiger partial charge is 3.00 e. The molecule has 2 heterocycles. The van der Waals surface area contributed by atoms with E-state index in [1.165, 1.54) is 44.3 Å². The Hall–Kier alpha value is -5.45. The molecule has 0 aliphatic rings. The summed E-state index contributed by atoms with van der Waals surface area (Å²) >= 11 is 0. The molecule has 4 heteroatoms. The van der Waals surface area contributed by atoms with Gasteiger partial charge in [0.05, 0.1) is 16.9 Å². The third-order valence-electron chi connectivity index (χ3n) is 12.7. The van der Waals surface area contributed by atoms with Gasteiger partial charge in [-0.25, -0.2) is 0 Å². The number of benzene rings is 7. The summed E-state index contributed by atoms with van der Waals surface area (Å²) in [6, 6.07) is 52.5. The summed E-state index contributed by atoms with van der Waals surface area (Å²) in [5.41, 5.74) is 20.2. The van der Waals surface area contributed by atoms with E-state index in [1.54, 1.807) is 0 Å².